The molecule has 3 rings (SSSR count). The topological polar surface area (TPSA) is 39.7 Å². The van der Waals surface area contributed by atoms with Crippen LogP contribution in [-0.4, -0.2) is 26.4 Å². The summed E-state index contributed by atoms with van der Waals surface area (Å²) in [6, 6.07) is 14.1. The van der Waals surface area contributed by atoms with Crippen LogP contribution in [0.2, 0.25) is 0 Å². The molecule has 1 heterocycles. The molecular weight excluding hydrogens is 382 g/mol. The van der Waals surface area contributed by atoms with Crippen LogP contribution in [-0.2, 0) is 17.9 Å². The van der Waals surface area contributed by atoms with Gasteiger partial charge in [-0.1, -0.05) is 46.3 Å². The van der Waals surface area contributed by atoms with Crippen molar-refractivity contribution in [3.05, 3.63) is 58.1 Å². The largest absolute Gasteiger partial charge is 0.493 e. The molecule has 1 atom stereocenters. The van der Waals surface area contributed by atoms with Gasteiger partial charge in [0.2, 0.25) is 0 Å². The van der Waals surface area contributed by atoms with Gasteiger partial charge in [0.05, 0.1) is 13.2 Å². The Morgan fingerprint density at radius 3 is 2.76 bits per heavy atom. The van der Waals surface area contributed by atoms with E-state index in [4.69, 9.17) is 14.2 Å². The zero-order chi connectivity index (χ0) is 17.5. The van der Waals surface area contributed by atoms with Gasteiger partial charge in [-0.15, -0.1) is 0 Å². The van der Waals surface area contributed by atoms with Crippen LogP contribution in [0.4, 0.5) is 0 Å². The first kappa shape index (κ1) is 18.2. The first-order chi connectivity index (χ1) is 12.3. The minimum Gasteiger partial charge on any atom is -0.493 e. The Morgan fingerprint density at radius 2 is 2.04 bits per heavy atom. The maximum atomic E-state index is 5.94. The lowest BCUT2D eigenvalue weighted by atomic mass is 10.2. The van der Waals surface area contributed by atoms with E-state index in [1.807, 2.05) is 42.5 Å². The summed E-state index contributed by atoms with van der Waals surface area (Å²) in [5.74, 6) is 1.48. The lowest BCUT2D eigenvalue weighted by Gasteiger charge is -2.15. The smallest absolute Gasteiger partial charge is 0.162 e. The summed E-state index contributed by atoms with van der Waals surface area (Å²) in [7, 11) is 1.67. The molecule has 0 aliphatic carbocycles. The lowest BCUT2D eigenvalue weighted by Crippen LogP contribution is -2.25. The third-order valence-electron chi connectivity index (χ3n) is 4.28. The average Bonchev–Trinajstić information content (AvgIpc) is 3.15. The second-order valence-electron chi connectivity index (χ2n) is 6.13. The Balaban J connectivity index is 1.61. The molecule has 134 valence electrons. The molecule has 0 aromatic heterocycles. The third-order valence-corrected chi connectivity index (χ3v) is 5.02. The number of hydrogen-bond acceptors (Lipinski definition) is 4. The quantitative estimate of drug-likeness (QED) is 0.710. The van der Waals surface area contributed by atoms with Crippen molar-refractivity contribution in [2.45, 2.75) is 32.1 Å². The molecule has 0 spiro atoms. The molecule has 0 amide bonds. The molecule has 0 bridgehead atoms. The van der Waals surface area contributed by atoms with Crippen molar-refractivity contribution in [3.63, 3.8) is 0 Å². The molecule has 0 radical (unpaired) electrons. The number of nitrogens with one attached hydrogen (secondary N) is 1. The van der Waals surface area contributed by atoms with Crippen molar-refractivity contribution in [1.29, 1.82) is 0 Å². The molecule has 1 saturated heterocycles. The molecule has 5 heteroatoms. The second-order valence-corrected chi connectivity index (χ2v) is 6.99. The molecule has 2 aromatic rings. The molecule has 2 aromatic carbocycles. The summed E-state index contributed by atoms with van der Waals surface area (Å²) in [4.78, 5) is 0. The summed E-state index contributed by atoms with van der Waals surface area (Å²) in [5, 5.41) is 3.46. The van der Waals surface area contributed by atoms with Gasteiger partial charge in [0.1, 0.15) is 6.61 Å². The highest BCUT2D eigenvalue weighted by molar-refractivity contribution is 9.10. The van der Waals surface area contributed by atoms with Crippen LogP contribution in [0.3, 0.4) is 0 Å². The van der Waals surface area contributed by atoms with Gasteiger partial charge < -0.3 is 19.5 Å². The number of hydrogen-bond donors (Lipinski definition) is 1. The van der Waals surface area contributed by atoms with Crippen molar-refractivity contribution in [2.75, 3.05) is 20.3 Å². The number of rotatable bonds is 8. The predicted molar refractivity (Wildman–Crippen MR) is 102 cm³/mol. The van der Waals surface area contributed by atoms with E-state index in [0.717, 1.165) is 59.6 Å². The summed E-state index contributed by atoms with van der Waals surface area (Å²) in [6.07, 6.45) is 2.65. The van der Waals surface area contributed by atoms with Gasteiger partial charge in [-0.05, 0) is 36.1 Å². The summed E-state index contributed by atoms with van der Waals surface area (Å²) < 4.78 is 18.1. The van der Waals surface area contributed by atoms with Crippen molar-refractivity contribution in [2.24, 2.45) is 0 Å². The molecule has 1 N–H and O–H groups in total. The monoisotopic (exact) mass is 405 g/mol. The molecule has 1 unspecified atom stereocenters. The SMILES string of the molecule is COc1cc(CNCC2CCCO2)c(Br)cc1OCc1ccccc1. The zero-order valence-electron chi connectivity index (χ0n) is 14.5. The van der Waals surface area contributed by atoms with Crippen LogP contribution < -0.4 is 14.8 Å². The minimum absolute atomic E-state index is 0.342. The zero-order valence-corrected chi connectivity index (χ0v) is 16.1. The molecule has 1 aliphatic heterocycles. The Morgan fingerprint density at radius 1 is 1.20 bits per heavy atom. The third kappa shape index (κ3) is 5.21. The van der Waals surface area contributed by atoms with Crippen LogP contribution in [0.1, 0.15) is 24.0 Å². The van der Waals surface area contributed by atoms with Gasteiger partial charge >= 0.3 is 0 Å². The number of methoxy groups -OCH3 is 1. The molecular formula is C20H24BrNO3. The van der Waals surface area contributed by atoms with Gasteiger partial charge in [-0.3, -0.25) is 0 Å². The fourth-order valence-electron chi connectivity index (χ4n) is 2.89. The minimum atomic E-state index is 0.342. The van der Waals surface area contributed by atoms with Gasteiger partial charge in [-0.25, -0.2) is 0 Å². The normalized spacial score (nSPS) is 16.8. The summed E-state index contributed by atoms with van der Waals surface area (Å²) in [6.45, 7) is 3.04. The van der Waals surface area contributed by atoms with Gasteiger partial charge in [-0.2, -0.15) is 0 Å². The van der Waals surface area contributed by atoms with Crippen LogP contribution in [0.15, 0.2) is 46.9 Å². The van der Waals surface area contributed by atoms with Crippen molar-refractivity contribution in [1.82, 2.24) is 5.32 Å². The average molecular weight is 406 g/mol. The van der Waals surface area contributed by atoms with E-state index < -0.39 is 0 Å². The van der Waals surface area contributed by atoms with E-state index in [1.165, 1.54) is 0 Å². The Hall–Kier alpha value is -1.56. The van der Waals surface area contributed by atoms with Crippen LogP contribution >= 0.6 is 15.9 Å². The van der Waals surface area contributed by atoms with E-state index in [-0.39, 0.29) is 0 Å². The highest BCUT2D eigenvalue weighted by Crippen LogP contribution is 2.34. The van der Waals surface area contributed by atoms with E-state index >= 15 is 0 Å². The second kappa shape index (κ2) is 9.22. The molecule has 1 fully saturated rings. The van der Waals surface area contributed by atoms with E-state index in [9.17, 15) is 0 Å². The maximum Gasteiger partial charge on any atom is 0.162 e. The van der Waals surface area contributed by atoms with Gasteiger partial charge in [0.15, 0.2) is 11.5 Å². The van der Waals surface area contributed by atoms with Gasteiger partial charge in [0.25, 0.3) is 0 Å². The van der Waals surface area contributed by atoms with Crippen molar-refractivity contribution < 1.29 is 14.2 Å². The van der Waals surface area contributed by atoms with E-state index in [1.54, 1.807) is 7.11 Å². The summed E-state index contributed by atoms with van der Waals surface area (Å²) in [5.41, 5.74) is 2.27. The first-order valence-corrected chi connectivity index (χ1v) is 9.41. The van der Waals surface area contributed by atoms with Crippen molar-refractivity contribution >= 4 is 15.9 Å². The lowest BCUT2D eigenvalue weighted by molar-refractivity contribution is 0.110. The number of halogens is 1. The molecule has 0 saturated carbocycles. The fourth-order valence-corrected chi connectivity index (χ4v) is 3.36. The highest BCUT2D eigenvalue weighted by atomic mass is 79.9. The van der Waals surface area contributed by atoms with Crippen molar-refractivity contribution in [3.8, 4) is 11.5 Å². The predicted octanol–water partition coefficient (Wildman–Crippen LogP) is 4.31. The molecule has 4 nitrogen and oxygen atoms in total. The Bertz CT molecular complexity index is 672. The number of ether oxygens (including phenoxy) is 3. The first-order valence-electron chi connectivity index (χ1n) is 8.61. The fraction of sp³-hybridized carbons (Fsp3) is 0.400. The highest BCUT2D eigenvalue weighted by Gasteiger charge is 2.15. The standard InChI is InChI=1S/C20H24BrNO3/c1-23-19-10-16(12-22-13-17-8-5-9-24-17)18(21)11-20(19)25-14-15-6-3-2-4-7-15/h2-4,6-7,10-11,17,22H,5,8-9,12-14H2,1H3. The molecule has 25 heavy (non-hydrogen) atoms. The van der Waals surface area contributed by atoms with E-state index in [0.29, 0.717) is 12.7 Å². The maximum absolute atomic E-state index is 5.94. The van der Waals surface area contributed by atoms with Crippen LogP contribution in [0.25, 0.3) is 0 Å². The van der Waals surface area contributed by atoms with Crippen LogP contribution in [0.5, 0.6) is 11.5 Å². The Labute approximate surface area is 157 Å². The summed E-state index contributed by atoms with van der Waals surface area (Å²) >= 11 is 3.64. The van der Waals surface area contributed by atoms with Gasteiger partial charge in [0, 0.05) is 24.2 Å². The van der Waals surface area contributed by atoms with E-state index in [2.05, 4.69) is 21.2 Å². The molecule has 1 aliphatic rings. The Kier molecular flexibility index (Phi) is 6.73. The van der Waals surface area contributed by atoms with Crippen LogP contribution in [0, 0.1) is 0 Å². The number of benzene rings is 2.